The molecule has 1 aromatic carbocycles. The molecule has 4 atom stereocenters. The number of benzene rings is 1. The molecule has 1 aliphatic heterocycles. The second-order valence-corrected chi connectivity index (χ2v) is 10.9. The van der Waals surface area contributed by atoms with Crippen LogP contribution in [0.2, 0.25) is 0 Å². The minimum Gasteiger partial charge on any atom is -0.493 e. The lowest BCUT2D eigenvalue weighted by Gasteiger charge is -2.29. The molecule has 0 bridgehead atoms. The summed E-state index contributed by atoms with van der Waals surface area (Å²) < 4.78 is 32.6. The molecule has 2 heterocycles. The van der Waals surface area contributed by atoms with Crippen molar-refractivity contribution in [3.05, 3.63) is 53.9 Å². The second-order valence-electron chi connectivity index (χ2n) is 10.9. The number of aromatic nitrogens is 1. The number of aliphatic imine (C=N–C) groups is 1. The van der Waals surface area contributed by atoms with Crippen LogP contribution in [0.1, 0.15) is 50.7 Å². The van der Waals surface area contributed by atoms with Crippen LogP contribution in [0.5, 0.6) is 11.5 Å². The van der Waals surface area contributed by atoms with Gasteiger partial charge in [-0.3, -0.25) is 24.0 Å². The molecule has 45 heavy (non-hydrogen) atoms. The maximum absolute atomic E-state index is 13.4. The Balaban J connectivity index is 1.84. The molecular formula is C32H38N2O11. The van der Waals surface area contributed by atoms with Crippen molar-refractivity contribution in [2.24, 2.45) is 28.7 Å². The number of nitrogens with zero attached hydrogens (tertiary/aromatic N) is 2. The lowest BCUT2D eigenvalue weighted by atomic mass is 9.91. The number of hydrogen-bond acceptors (Lipinski definition) is 12. The summed E-state index contributed by atoms with van der Waals surface area (Å²) in [4.78, 5) is 71.9. The van der Waals surface area contributed by atoms with Gasteiger partial charge in [-0.25, -0.2) is 9.98 Å². The van der Waals surface area contributed by atoms with Crippen LogP contribution >= 0.6 is 0 Å². The first-order valence-electron chi connectivity index (χ1n) is 14.4. The molecule has 1 unspecified atom stereocenters. The highest BCUT2D eigenvalue weighted by Crippen LogP contribution is 2.30. The highest BCUT2D eigenvalue weighted by molar-refractivity contribution is 6.03. The molecule has 1 aromatic heterocycles. The minimum atomic E-state index is -1.28. The number of esters is 4. The standard InChI is InChI=1S/C32H38N2O11/c1-18(2)29(36)43-17-42-27-24(40-6)12-13-33-25(27)28(35)34-15-22-16-41-32(39)23(14-21-10-8-7-9-11-21)26(20(5)44-31(22)38)45-30(37)19(3)4/h7-13,15,18-20,22-23,26H,14,16-17H2,1-6H3/t20-,22?,23+,26-/m0/s1. The smallest absolute Gasteiger partial charge is 0.318 e. The lowest BCUT2D eigenvalue weighted by molar-refractivity contribution is -0.176. The first-order chi connectivity index (χ1) is 21.4. The SMILES string of the molecule is COc1ccnc(C(=O)N=CC2COC(=O)[C@H](Cc3ccccc3)[C@@H](OC(=O)C(C)C)[C@H](C)OC2=O)c1OCOC(=O)C(C)C. The van der Waals surface area contributed by atoms with Crippen LogP contribution in [0, 0.1) is 23.7 Å². The van der Waals surface area contributed by atoms with Crippen molar-refractivity contribution in [1.82, 2.24) is 4.98 Å². The molecule has 2 aromatic rings. The van der Waals surface area contributed by atoms with E-state index in [1.54, 1.807) is 27.7 Å². The predicted octanol–water partition coefficient (Wildman–Crippen LogP) is 3.37. The third-order valence-electron chi connectivity index (χ3n) is 6.73. The summed E-state index contributed by atoms with van der Waals surface area (Å²) in [5.74, 6) is -6.74. The molecule has 242 valence electrons. The van der Waals surface area contributed by atoms with E-state index in [0.29, 0.717) is 0 Å². The van der Waals surface area contributed by atoms with Gasteiger partial charge in [-0.1, -0.05) is 58.0 Å². The summed E-state index contributed by atoms with van der Waals surface area (Å²) in [6.45, 7) is 7.11. The number of hydrogen-bond donors (Lipinski definition) is 0. The largest absolute Gasteiger partial charge is 0.493 e. The van der Waals surface area contributed by atoms with Gasteiger partial charge < -0.3 is 28.4 Å². The predicted molar refractivity (Wildman–Crippen MR) is 158 cm³/mol. The Labute approximate surface area is 261 Å². The van der Waals surface area contributed by atoms with Crippen molar-refractivity contribution in [3.63, 3.8) is 0 Å². The highest BCUT2D eigenvalue weighted by atomic mass is 16.7. The number of rotatable bonds is 11. The summed E-state index contributed by atoms with van der Waals surface area (Å²) >= 11 is 0. The Morgan fingerprint density at radius 2 is 1.71 bits per heavy atom. The molecular weight excluding hydrogens is 588 g/mol. The van der Waals surface area contributed by atoms with Gasteiger partial charge in [-0.15, -0.1) is 0 Å². The van der Waals surface area contributed by atoms with Crippen LogP contribution < -0.4 is 9.47 Å². The Morgan fingerprint density at radius 1 is 1.02 bits per heavy atom. The zero-order valence-electron chi connectivity index (χ0n) is 26.1. The monoisotopic (exact) mass is 626 g/mol. The average Bonchev–Trinajstić information content (AvgIpc) is 3.05. The Hall–Kier alpha value is -4.81. The zero-order valence-corrected chi connectivity index (χ0v) is 26.1. The number of carbonyl (C=O) groups excluding carboxylic acids is 5. The highest BCUT2D eigenvalue weighted by Gasteiger charge is 2.41. The van der Waals surface area contributed by atoms with Crippen LogP contribution in [-0.2, 0) is 44.5 Å². The van der Waals surface area contributed by atoms with E-state index < -0.39 is 79.1 Å². The molecule has 0 saturated carbocycles. The van der Waals surface area contributed by atoms with E-state index in [9.17, 15) is 24.0 Å². The third-order valence-corrected chi connectivity index (χ3v) is 6.73. The van der Waals surface area contributed by atoms with Crippen molar-refractivity contribution < 1.29 is 52.4 Å². The summed E-state index contributed by atoms with van der Waals surface area (Å²) in [7, 11) is 1.35. The van der Waals surface area contributed by atoms with Gasteiger partial charge in [0.05, 0.1) is 18.9 Å². The molecule has 0 aliphatic carbocycles. The van der Waals surface area contributed by atoms with Crippen molar-refractivity contribution in [1.29, 1.82) is 0 Å². The molecule has 1 saturated heterocycles. The summed E-state index contributed by atoms with van der Waals surface area (Å²) in [6, 6.07) is 10.5. The number of methoxy groups -OCH3 is 1. The van der Waals surface area contributed by atoms with Crippen LogP contribution in [-0.4, -0.2) is 73.7 Å². The van der Waals surface area contributed by atoms with Crippen molar-refractivity contribution >= 4 is 36.0 Å². The first-order valence-corrected chi connectivity index (χ1v) is 14.4. The number of ether oxygens (including phenoxy) is 6. The van der Waals surface area contributed by atoms with Gasteiger partial charge in [-0.05, 0) is 18.9 Å². The van der Waals surface area contributed by atoms with E-state index in [1.165, 1.54) is 26.3 Å². The number of carbonyl (C=O) groups is 5. The van der Waals surface area contributed by atoms with Gasteiger partial charge in [0.1, 0.15) is 24.5 Å². The molecule has 1 aliphatic rings. The lowest BCUT2D eigenvalue weighted by Crippen LogP contribution is -2.43. The van der Waals surface area contributed by atoms with Crippen LogP contribution in [0.3, 0.4) is 0 Å². The summed E-state index contributed by atoms with van der Waals surface area (Å²) in [5, 5.41) is 0. The van der Waals surface area contributed by atoms with Crippen LogP contribution in [0.25, 0.3) is 0 Å². The molecule has 0 spiro atoms. The Morgan fingerprint density at radius 3 is 2.36 bits per heavy atom. The van der Waals surface area contributed by atoms with Gasteiger partial charge >= 0.3 is 23.9 Å². The molecule has 0 radical (unpaired) electrons. The molecule has 1 amide bonds. The Bertz CT molecular complexity index is 1390. The fraction of sp³-hybridized carbons (Fsp3) is 0.469. The molecule has 0 N–H and O–H groups in total. The van der Waals surface area contributed by atoms with Gasteiger partial charge in [0.25, 0.3) is 5.91 Å². The summed E-state index contributed by atoms with van der Waals surface area (Å²) in [5.41, 5.74) is 0.505. The third kappa shape index (κ3) is 9.59. The normalized spacial score (nSPS) is 20.4. The molecule has 13 nitrogen and oxygen atoms in total. The fourth-order valence-electron chi connectivity index (χ4n) is 4.18. The molecule has 1 fully saturated rings. The van der Waals surface area contributed by atoms with Gasteiger partial charge in [-0.2, -0.15) is 0 Å². The van der Waals surface area contributed by atoms with Gasteiger partial charge in [0, 0.05) is 18.5 Å². The van der Waals surface area contributed by atoms with E-state index in [0.717, 1.165) is 11.8 Å². The maximum Gasteiger partial charge on any atom is 0.318 e. The topological polar surface area (TPSA) is 166 Å². The number of amides is 1. The van der Waals surface area contributed by atoms with Crippen molar-refractivity contribution in [2.45, 2.75) is 53.2 Å². The number of cyclic esters (lactones) is 2. The molecule has 13 heteroatoms. The summed E-state index contributed by atoms with van der Waals surface area (Å²) in [6.07, 6.45) is 0.254. The average molecular weight is 627 g/mol. The molecule has 3 rings (SSSR count). The fourth-order valence-corrected chi connectivity index (χ4v) is 4.18. The van der Waals surface area contributed by atoms with Crippen LogP contribution in [0.4, 0.5) is 0 Å². The quantitative estimate of drug-likeness (QED) is 0.155. The second kappa shape index (κ2) is 16.3. The van der Waals surface area contributed by atoms with Crippen LogP contribution in [0.15, 0.2) is 47.6 Å². The Kier molecular flexibility index (Phi) is 12.6. The van der Waals surface area contributed by atoms with Gasteiger partial charge in [0.2, 0.25) is 6.79 Å². The van der Waals surface area contributed by atoms with E-state index >= 15 is 0 Å². The van der Waals surface area contributed by atoms with E-state index in [-0.39, 0.29) is 23.6 Å². The van der Waals surface area contributed by atoms with Gasteiger partial charge in [0.15, 0.2) is 23.3 Å². The van der Waals surface area contributed by atoms with Crippen molar-refractivity contribution in [3.8, 4) is 11.5 Å². The minimum absolute atomic E-state index is 0.125. The van der Waals surface area contributed by atoms with Crippen molar-refractivity contribution in [2.75, 3.05) is 20.5 Å². The van der Waals surface area contributed by atoms with E-state index in [4.69, 9.17) is 28.4 Å². The van der Waals surface area contributed by atoms with E-state index in [2.05, 4.69) is 9.98 Å². The van der Waals surface area contributed by atoms with E-state index in [1.807, 2.05) is 30.3 Å². The zero-order chi connectivity index (χ0) is 33.1. The maximum atomic E-state index is 13.4. The number of pyridine rings is 1. The first kappa shape index (κ1) is 34.7.